The first-order valence-electron chi connectivity index (χ1n) is 9.11. The van der Waals surface area contributed by atoms with Crippen LogP contribution in [-0.4, -0.2) is 52.7 Å². The minimum absolute atomic E-state index is 0.0394. The highest BCUT2D eigenvalue weighted by Gasteiger charge is 2.26. The number of carbonyl (C=O) groups excluding carboxylic acids is 2. The number of nitrogens with zero attached hydrogens (tertiary/aromatic N) is 4. The van der Waals surface area contributed by atoms with Crippen LogP contribution in [0.25, 0.3) is 0 Å². The van der Waals surface area contributed by atoms with Crippen LogP contribution in [0.5, 0.6) is 0 Å². The van der Waals surface area contributed by atoms with Gasteiger partial charge in [-0.2, -0.15) is 0 Å². The summed E-state index contributed by atoms with van der Waals surface area (Å²) >= 11 is 0. The number of nitro benzene ring substituents is 2. The van der Waals surface area contributed by atoms with E-state index in [4.69, 9.17) is 0 Å². The summed E-state index contributed by atoms with van der Waals surface area (Å²) in [5.41, 5.74) is 0.486. The zero-order chi connectivity index (χ0) is 21.8. The number of hydrogen-bond acceptors (Lipinski definition) is 7. The van der Waals surface area contributed by atoms with E-state index in [-0.39, 0.29) is 22.8 Å². The van der Waals surface area contributed by atoms with Crippen molar-refractivity contribution in [3.05, 3.63) is 68.3 Å². The summed E-state index contributed by atoms with van der Waals surface area (Å²) in [7, 11) is 0. The molecular formula is C19H19N5O6. The molecule has 1 aliphatic heterocycles. The zero-order valence-electron chi connectivity index (χ0n) is 16.1. The van der Waals surface area contributed by atoms with Crippen molar-refractivity contribution in [3.63, 3.8) is 0 Å². The molecule has 0 radical (unpaired) electrons. The molecule has 0 bridgehead atoms. The van der Waals surface area contributed by atoms with Gasteiger partial charge in [-0.05, 0) is 24.3 Å². The molecule has 1 heterocycles. The van der Waals surface area contributed by atoms with Gasteiger partial charge in [0.1, 0.15) is 5.69 Å². The number of rotatable bonds is 5. The molecule has 2 amide bonds. The van der Waals surface area contributed by atoms with Crippen molar-refractivity contribution in [3.8, 4) is 0 Å². The first kappa shape index (κ1) is 20.7. The van der Waals surface area contributed by atoms with E-state index in [1.807, 2.05) is 4.90 Å². The minimum atomic E-state index is -0.570. The Kier molecular flexibility index (Phi) is 5.90. The van der Waals surface area contributed by atoms with E-state index in [2.05, 4.69) is 5.32 Å². The van der Waals surface area contributed by atoms with E-state index in [9.17, 15) is 29.8 Å². The second-order valence-electron chi connectivity index (χ2n) is 6.71. The Labute approximate surface area is 171 Å². The van der Waals surface area contributed by atoms with Crippen LogP contribution >= 0.6 is 0 Å². The third kappa shape index (κ3) is 4.51. The van der Waals surface area contributed by atoms with E-state index in [1.165, 1.54) is 49.4 Å². The van der Waals surface area contributed by atoms with Gasteiger partial charge in [0.2, 0.25) is 5.91 Å². The predicted octanol–water partition coefficient (Wildman–Crippen LogP) is 2.42. The van der Waals surface area contributed by atoms with Crippen molar-refractivity contribution in [2.45, 2.75) is 6.92 Å². The lowest BCUT2D eigenvalue weighted by Crippen LogP contribution is -2.48. The van der Waals surface area contributed by atoms with Crippen molar-refractivity contribution >= 4 is 34.6 Å². The molecule has 0 atom stereocenters. The average Bonchev–Trinajstić information content (AvgIpc) is 2.73. The van der Waals surface area contributed by atoms with Crippen LogP contribution in [0.1, 0.15) is 17.3 Å². The number of nitrogens with one attached hydrogen (secondary N) is 1. The van der Waals surface area contributed by atoms with Crippen molar-refractivity contribution in [2.24, 2.45) is 0 Å². The summed E-state index contributed by atoms with van der Waals surface area (Å²) < 4.78 is 0. The number of carbonyl (C=O) groups is 2. The fourth-order valence-electron chi connectivity index (χ4n) is 3.21. The fourth-order valence-corrected chi connectivity index (χ4v) is 3.21. The first-order chi connectivity index (χ1) is 14.3. The van der Waals surface area contributed by atoms with Crippen LogP contribution in [0.3, 0.4) is 0 Å². The van der Waals surface area contributed by atoms with Gasteiger partial charge < -0.3 is 15.1 Å². The quantitative estimate of drug-likeness (QED) is 0.586. The molecule has 2 aromatic carbocycles. The highest BCUT2D eigenvalue weighted by atomic mass is 16.6. The third-order valence-electron chi connectivity index (χ3n) is 4.84. The second-order valence-corrected chi connectivity index (χ2v) is 6.71. The topological polar surface area (TPSA) is 139 Å². The smallest absolute Gasteiger partial charge is 0.293 e. The normalized spacial score (nSPS) is 13.6. The summed E-state index contributed by atoms with van der Waals surface area (Å²) in [4.78, 5) is 48.6. The molecule has 1 fully saturated rings. The molecule has 0 aromatic heterocycles. The van der Waals surface area contributed by atoms with E-state index in [0.717, 1.165) is 0 Å². The van der Waals surface area contributed by atoms with Crippen molar-refractivity contribution in [2.75, 3.05) is 36.4 Å². The summed E-state index contributed by atoms with van der Waals surface area (Å²) in [5.74, 6) is -0.609. The molecule has 0 aliphatic carbocycles. The predicted molar refractivity (Wildman–Crippen MR) is 109 cm³/mol. The molecule has 0 saturated carbocycles. The van der Waals surface area contributed by atoms with Crippen LogP contribution < -0.4 is 10.2 Å². The lowest BCUT2D eigenvalue weighted by molar-refractivity contribution is -0.384. The maximum absolute atomic E-state index is 12.5. The summed E-state index contributed by atoms with van der Waals surface area (Å²) in [6, 6.07) is 9.48. The lowest BCUT2D eigenvalue weighted by Gasteiger charge is -2.35. The fraction of sp³-hybridized carbons (Fsp3) is 0.263. The van der Waals surface area contributed by atoms with Gasteiger partial charge in [0.15, 0.2) is 0 Å². The standard InChI is InChI=1S/C19H19N5O6/c1-13(25)21-8-10-22(11-9-21)17-7-2-14(12-18(17)24(29)30)19(26)20-15-3-5-16(6-4-15)23(27)28/h2-7,12H,8-11H2,1H3,(H,20,26). The SMILES string of the molecule is CC(=O)N1CCN(c2ccc(C(=O)Nc3ccc([N+](=O)[O-])cc3)cc2[N+](=O)[O-])CC1. The molecule has 30 heavy (non-hydrogen) atoms. The molecule has 11 nitrogen and oxygen atoms in total. The molecule has 2 aromatic rings. The number of hydrogen-bond donors (Lipinski definition) is 1. The Bertz CT molecular complexity index is 999. The maximum atomic E-state index is 12.5. The van der Waals surface area contributed by atoms with Gasteiger partial charge in [-0.3, -0.25) is 29.8 Å². The number of piperazine rings is 1. The Morgan fingerprint density at radius 1 is 0.933 bits per heavy atom. The largest absolute Gasteiger partial charge is 0.362 e. The third-order valence-corrected chi connectivity index (χ3v) is 4.84. The molecule has 11 heteroatoms. The van der Waals surface area contributed by atoms with Gasteiger partial charge >= 0.3 is 0 Å². The summed E-state index contributed by atoms with van der Waals surface area (Å²) in [6.07, 6.45) is 0. The number of anilines is 2. The molecule has 3 rings (SSSR count). The van der Waals surface area contributed by atoms with E-state index in [0.29, 0.717) is 37.6 Å². The Balaban J connectivity index is 1.77. The number of benzene rings is 2. The number of nitro groups is 2. The summed E-state index contributed by atoms with van der Waals surface area (Å²) in [6.45, 7) is 3.32. The number of amides is 2. The van der Waals surface area contributed by atoms with E-state index < -0.39 is 15.8 Å². The molecular weight excluding hydrogens is 394 g/mol. The lowest BCUT2D eigenvalue weighted by atomic mass is 10.1. The van der Waals surface area contributed by atoms with Gasteiger partial charge in [-0.15, -0.1) is 0 Å². The highest BCUT2D eigenvalue weighted by molar-refractivity contribution is 6.05. The monoisotopic (exact) mass is 413 g/mol. The summed E-state index contributed by atoms with van der Waals surface area (Å²) in [5, 5.41) is 24.9. The Morgan fingerprint density at radius 3 is 2.10 bits per heavy atom. The number of non-ortho nitro benzene ring substituents is 1. The molecule has 0 spiro atoms. The average molecular weight is 413 g/mol. The van der Waals surface area contributed by atoms with Crippen LogP contribution in [0.2, 0.25) is 0 Å². The maximum Gasteiger partial charge on any atom is 0.293 e. The van der Waals surface area contributed by atoms with Crippen LogP contribution in [0.4, 0.5) is 22.7 Å². The van der Waals surface area contributed by atoms with E-state index >= 15 is 0 Å². The highest BCUT2D eigenvalue weighted by Crippen LogP contribution is 2.30. The van der Waals surface area contributed by atoms with Gasteiger partial charge in [0.05, 0.1) is 9.85 Å². The minimum Gasteiger partial charge on any atom is -0.362 e. The molecule has 0 unspecified atom stereocenters. The van der Waals surface area contributed by atoms with Gasteiger partial charge in [0.25, 0.3) is 17.3 Å². The van der Waals surface area contributed by atoms with Crippen molar-refractivity contribution in [1.29, 1.82) is 0 Å². The van der Waals surface area contributed by atoms with Gasteiger partial charge in [0, 0.05) is 62.6 Å². The van der Waals surface area contributed by atoms with Crippen LogP contribution in [0, 0.1) is 20.2 Å². The van der Waals surface area contributed by atoms with Crippen molar-refractivity contribution in [1.82, 2.24) is 4.90 Å². The Hall–Kier alpha value is -4.02. The van der Waals surface area contributed by atoms with Crippen LogP contribution in [0.15, 0.2) is 42.5 Å². The van der Waals surface area contributed by atoms with Gasteiger partial charge in [-0.1, -0.05) is 0 Å². The molecule has 156 valence electrons. The van der Waals surface area contributed by atoms with Crippen LogP contribution in [-0.2, 0) is 4.79 Å². The first-order valence-corrected chi connectivity index (χ1v) is 9.11. The Morgan fingerprint density at radius 2 is 1.57 bits per heavy atom. The molecule has 1 saturated heterocycles. The van der Waals surface area contributed by atoms with E-state index in [1.54, 1.807) is 4.90 Å². The van der Waals surface area contributed by atoms with Crippen molar-refractivity contribution < 1.29 is 19.4 Å². The molecule has 1 N–H and O–H groups in total. The second kappa shape index (κ2) is 8.55. The zero-order valence-corrected chi connectivity index (χ0v) is 16.1. The van der Waals surface area contributed by atoms with Gasteiger partial charge in [-0.25, -0.2) is 0 Å². The molecule has 1 aliphatic rings.